The van der Waals surface area contributed by atoms with E-state index in [1.54, 1.807) is 48.9 Å². The molecule has 0 radical (unpaired) electrons. The summed E-state index contributed by atoms with van der Waals surface area (Å²) in [6, 6.07) is 0. The minimum absolute atomic E-state index is 0.0308. The fourth-order valence-corrected chi connectivity index (χ4v) is 6.41. The number of aliphatic carboxylic acids is 2. The molecular formula is C36H50N12O12. The molecule has 0 bridgehead atoms. The van der Waals surface area contributed by atoms with Crippen LogP contribution in [0.1, 0.15) is 51.9 Å². The van der Waals surface area contributed by atoms with Crippen LogP contribution >= 0.6 is 0 Å². The van der Waals surface area contributed by atoms with E-state index in [1.165, 1.54) is 46.7 Å². The highest BCUT2D eigenvalue weighted by atomic mass is 16.4. The van der Waals surface area contributed by atoms with Crippen molar-refractivity contribution in [1.82, 2.24) is 56.1 Å². The second-order valence-corrected chi connectivity index (χ2v) is 14.3. The van der Waals surface area contributed by atoms with Crippen LogP contribution in [0.25, 0.3) is 33.5 Å². The van der Waals surface area contributed by atoms with Gasteiger partial charge in [0.1, 0.15) is 0 Å². The molecule has 6 heterocycles. The predicted octanol–water partition coefficient (Wildman–Crippen LogP) is -2.06. The van der Waals surface area contributed by atoms with Crippen molar-refractivity contribution in [3.63, 3.8) is 0 Å². The number of rotatable bonds is 14. The maximum absolute atomic E-state index is 12.4. The molecule has 0 aliphatic rings. The number of aliphatic hydroxyl groups excluding tert-OH is 2. The van der Waals surface area contributed by atoms with E-state index in [0.717, 1.165) is 13.7 Å². The number of hydrogen-bond acceptors (Lipinski definition) is 13. The molecule has 0 aliphatic heterocycles. The van der Waals surface area contributed by atoms with Crippen LogP contribution in [0.15, 0.2) is 47.7 Å². The predicted molar refractivity (Wildman–Crippen MR) is 216 cm³/mol. The van der Waals surface area contributed by atoms with E-state index in [4.69, 9.17) is 10.2 Å². The van der Waals surface area contributed by atoms with Crippen molar-refractivity contribution < 1.29 is 30.0 Å². The fraction of sp³-hybridized carbons (Fsp3) is 0.528. The molecule has 6 rings (SSSR count). The van der Waals surface area contributed by atoms with Gasteiger partial charge in [-0.3, -0.25) is 51.4 Å². The van der Waals surface area contributed by atoms with Crippen molar-refractivity contribution >= 4 is 45.4 Å². The maximum atomic E-state index is 12.4. The third kappa shape index (κ3) is 9.77. The van der Waals surface area contributed by atoms with Crippen molar-refractivity contribution in [3.8, 4) is 0 Å². The van der Waals surface area contributed by atoms with Crippen LogP contribution in [0.5, 0.6) is 0 Å². The number of unbranched alkanes of at least 4 members (excludes halogenated alkanes) is 1. The average Bonchev–Trinajstić information content (AvgIpc) is 3.90. The highest BCUT2D eigenvalue weighted by molar-refractivity contribution is 5.71. The summed E-state index contributed by atoms with van der Waals surface area (Å²) in [5.41, 5.74) is -0.475. The van der Waals surface area contributed by atoms with Crippen LogP contribution in [-0.2, 0) is 71.5 Å². The Morgan fingerprint density at radius 2 is 0.850 bits per heavy atom. The summed E-state index contributed by atoms with van der Waals surface area (Å²) in [6.07, 6.45) is 4.56. The maximum Gasteiger partial charge on any atom is 0.332 e. The number of aliphatic hydroxyl groups is 2. The van der Waals surface area contributed by atoms with Gasteiger partial charge < -0.3 is 34.1 Å². The number of fused-ring (bicyclic) bond motifs is 3. The van der Waals surface area contributed by atoms with Gasteiger partial charge in [-0.15, -0.1) is 0 Å². The van der Waals surface area contributed by atoms with E-state index in [0.29, 0.717) is 59.2 Å². The van der Waals surface area contributed by atoms with Crippen molar-refractivity contribution in [3.05, 3.63) is 81.5 Å². The summed E-state index contributed by atoms with van der Waals surface area (Å²) in [7, 11) is 9.72. The SMILES string of the molecule is CC(O)C(O)CCCn1c(=O)c2c(ncn2C)n(C)c1=O.Cn1cnc2c1c(=O)n(CCCC(=O)O)c(=O)n2C.Cn1cnc2c1c(=O)n(CCCCC(=O)O)c(=O)n2C. The van der Waals surface area contributed by atoms with Crippen LogP contribution in [0.3, 0.4) is 0 Å². The van der Waals surface area contributed by atoms with Gasteiger partial charge in [0.2, 0.25) is 0 Å². The standard InChI is InChI=1S/C13H20N4O4.C12H16N4O4.C11H14N4O4/c1-8(18)9(19)5-4-6-17-12(20)10-11(14-7-15(10)2)16(3)13(17)21;1-14-7-13-10-9(14)11(19)16(12(20)15(10)2)6-4-3-5-8(17)18;1-13-6-12-9-8(13)10(18)15(11(19)14(9)2)5-3-4-7(16)17/h7-9,18-19H,4-6H2,1-3H3;7H,3-6H2,1-2H3,(H,17,18);6H,3-5H2,1-2H3,(H,16,17). The molecular weight excluding hydrogens is 792 g/mol. The Balaban J connectivity index is 0.000000199. The Hall–Kier alpha value is -6.69. The zero-order chi connectivity index (χ0) is 44.7. The van der Waals surface area contributed by atoms with E-state index >= 15 is 0 Å². The zero-order valence-electron chi connectivity index (χ0n) is 34.4. The first kappa shape index (κ1) is 46.0. The second-order valence-electron chi connectivity index (χ2n) is 14.3. The molecule has 6 aromatic rings. The molecule has 24 nitrogen and oxygen atoms in total. The van der Waals surface area contributed by atoms with Gasteiger partial charge in [0, 0.05) is 74.8 Å². The number of aromatic nitrogens is 12. The molecule has 0 spiro atoms. The average molecular weight is 843 g/mol. The topological polar surface area (TPSA) is 301 Å². The van der Waals surface area contributed by atoms with Gasteiger partial charge in [0.15, 0.2) is 33.5 Å². The number of hydrogen-bond donors (Lipinski definition) is 4. The molecule has 2 unspecified atom stereocenters. The first-order valence-electron chi connectivity index (χ1n) is 18.8. The van der Waals surface area contributed by atoms with Crippen molar-refractivity contribution in [2.75, 3.05) is 0 Å². The highest BCUT2D eigenvalue weighted by Crippen LogP contribution is 2.07. The molecule has 0 saturated heterocycles. The molecule has 4 N–H and O–H groups in total. The monoisotopic (exact) mass is 842 g/mol. The van der Waals surface area contributed by atoms with Crippen LogP contribution in [0.4, 0.5) is 0 Å². The lowest BCUT2D eigenvalue weighted by Crippen LogP contribution is -2.39. The molecule has 6 aromatic heterocycles. The van der Waals surface area contributed by atoms with Gasteiger partial charge >= 0.3 is 29.0 Å². The van der Waals surface area contributed by atoms with Gasteiger partial charge in [0.25, 0.3) is 16.7 Å². The quantitative estimate of drug-likeness (QED) is 0.0858. The number of imidazole rings is 3. The lowest BCUT2D eigenvalue weighted by Gasteiger charge is -2.13. The third-order valence-electron chi connectivity index (χ3n) is 9.84. The smallest absolute Gasteiger partial charge is 0.332 e. The summed E-state index contributed by atoms with van der Waals surface area (Å²) < 4.78 is 12.0. The molecule has 2 atom stereocenters. The number of carbonyl (C=O) groups is 2. The van der Waals surface area contributed by atoms with E-state index < -0.39 is 52.3 Å². The Labute approximate surface area is 338 Å². The number of carboxylic acid groups (broad SMARTS) is 2. The lowest BCUT2D eigenvalue weighted by atomic mass is 10.1. The largest absolute Gasteiger partial charge is 0.481 e. The third-order valence-corrected chi connectivity index (χ3v) is 9.84. The van der Waals surface area contributed by atoms with Crippen molar-refractivity contribution in [2.45, 2.75) is 83.7 Å². The highest BCUT2D eigenvalue weighted by Gasteiger charge is 2.18. The number of nitrogens with zero attached hydrogens (tertiary/aromatic N) is 12. The summed E-state index contributed by atoms with van der Waals surface area (Å²) >= 11 is 0. The Kier molecular flexibility index (Phi) is 14.9. The van der Waals surface area contributed by atoms with Gasteiger partial charge in [-0.2, -0.15) is 0 Å². The van der Waals surface area contributed by atoms with Gasteiger partial charge in [-0.25, -0.2) is 29.3 Å². The van der Waals surface area contributed by atoms with E-state index in [-0.39, 0.29) is 44.5 Å². The Morgan fingerprint density at radius 3 is 1.18 bits per heavy atom. The van der Waals surface area contributed by atoms with E-state index in [1.807, 2.05) is 0 Å². The van der Waals surface area contributed by atoms with Crippen LogP contribution in [-0.4, -0.2) is 101 Å². The second kappa shape index (κ2) is 19.4. The minimum atomic E-state index is -0.952. The summed E-state index contributed by atoms with van der Waals surface area (Å²) in [5.74, 6) is -1.83. The zero-order valence-corrected chi connectivity index (χ0v) is 34.4. The fourth-order valence-electron chi connectivity index (χ4n) is 6.41. The first-order valence-corrected chi connectivity index (χ1v) is 18.8. The molecule has 0 aromatic carbocycles. The first-order chi connectivity index (χ1) is 28.2. The number of aryl methyl sites for hydroxylation is 6. The summed E-state index contributed by atoms with van der Waals surface area (Å²) in [5, 5.41) is 35.9. The molecule has 0 fully saturated rings. The van der Waals surface area contributed by atoms with Crippen LogP contribution in [0.2, 0.25) is 0 Å². The van der Waals surface area contributed by atoms with Gasteiger partial charge in [0.05, 0.1) is 31.2 Å². The minimum Gasteiger partial charge on any atom is -0.481 e. The molecule has 0 saturated carbocycles. The lowest BCUT2D eigenvalue weighted by molar-refractivity contribution is -0.138. The molecule has 326 valence electrons. The van der Waals surface area contributed by atoms with E-state index in [2.05, 4.69) is 15.0 Å². The summed E-state index contributed by atoms with van der Waals surface area (Å²) in [4.78, 5) is 106. The molecule has 0 amide bonds. The number of carboxylic acids is 2. The van der Waals surface area contributed by atoms with Gasteiger partial charge in [-0.05, 0) is 39.0 Å². The Morgan fingerprint density at radius 1 is 0.533 bits per heavy atom. The van der Waals surface area contributed by atoms with Crippen molar-refractivity contribution in [2.24, 2.45) is 42.3 Å². The van der Waals surface area contributed by atoms with E-state index in [9.17, 15) is 48.6 Å². The summed E-state index contributed by atoms with van der Waals surface area (Å²) in [6.45, 7) is 1.98. The molecule has 0 aliphatic carbocycles. The normalized spacial score (nSPS) is 12.3. The van der Waals surface area contributed by atoms with Crippen LogP contribution < -0.4 is 33.7 Å². The molecule has 60 heavy (non-hydrogen) atoms. The Bertz CT molecular complexity index is 2900. The van der Waals surface area contributed by atoms with Crippen molar-refractivity contribution in [1.29, 1.82) is 0 Å². The van der Waals surface area contributed by atoms with Gasteiger partial charge in [-0.1, -0.05) is 0 Å². The molecule has 24 heteroatoms. The van der Waals surface area contributed by atoms with Crippen LogP contribution in [0, 0.1) is 0 Å².